The van der Waals surface area contributed by atoms with E-state index in [2.05, 4.69) is 0 Å². The first kappa shape index (κ1) is 10.9. The van der Waals surface area contributed by atoms with Crippen LogP contribution >= 0.6 is 0 Å². The van der Waals surface area contributed by atoms with Crippen molar-refractivity contribution in [1.29, 1.82) is 0 Å². The van der Waals surface area contributed by atoms with Crippen molar-refractivity contribution in [3.8, 4) is 0 Å². The highest BCUT2D eigenvalue weighted by Gasteiger charge is 2.15. The molecular formula is C8H11FN2O2S. The summed E-state index contributed by atoms with van der Waals surface area (Å²) in [6.45, 7) is 0. The van der Waals surface area contributed by atoms with Gasteiger partial charge in [-0.05, 0) is 18.2 Å². The molecule has 0 fully saturated rings. The molecule has 0 radical (unpaired) electrons. The van der Waals surface area contributed by atoms with E-state index >= 15 is 0 Å². The van der Waals surface area contributed by atoms with Crippen LogP contribution in [-0.4, -0.2) is 22.5 Å². The first-order valence-electron chi connectivity index (χ1n) is 3.82. The minimum Gasteiger partial charge on any atom is -0.377 e. The molecule has 0 amide bonds. The predicted octanol–water partition coefficient (Wildman–Crippen LogP) is 0.539. The van der Waals surface area contributed by atoms with E-state index in [0.717, 1.165) is 6.07 Å². The molecule has 0 aliphatic rings. The molecule has 6 heteroatoms. The molecule has 4 nitrogen and oxygen atoms in total. The lowest BCUT2D eigenvalue weighted by Gasteiger charge is -2.15. The Morgan fingerprint density at radius 3 is 2.36 bits per heavy atom. The quantitative estimate of drug-likeness (QED) is 0.788. The number of sulfonamides is 1. The number of benzene rings is 1. The molecule has 0 aromatic heterocycles. The second-order valence-corrected chi connectivity index (χ2v) is 4.58. The Morgan fingerprint density at radius 2 is 1.93 bits per heavy atom. The molecule has 0 saturated carbocycles. The third-order valence-corrected chi connectivity index (χ3v) is 2.65. The van der Waals surface area contributed by atoms with Crippen molar-refractivity contribution in [2.24, 2.45) is 5.14 Å². The number of primary sulfonamides is 1. The number of nitrogens with zero attached hydrogens (tertiary/aromatic N) is 1. The first-order valence-corrected chi connectivity index (χ1v) is 5.36. The summed E-state index contributed by atoms with van der Waals surface area (Å²) < 4.78 is 35.0. The fourth-order valence-corrected chi connectivity index (χ4v) is 1.90. The van der Waals surface area contributed by atoms with Crippen LogP contribution in [0, 0.1) is 5.82 Å². The summed E-state index contributed by atoms with van der Waals surface area (Å²) in [6.07, 6.45) is 0. The van der Waals surface area contributed by atoms with E-state index in [-0.39, 0.29) is 4.90 Å². The van der Waals surface area contributed by atoms with Gasteiger partial charge >= 0.3 is 0 Å². The van der Waals surface area contributed by atoms with Gasteiger partial charge in [-0.1, -0.05) is 0 Å². The molecule has 1 aromatic carbocycles. The molecule has 1 aromatic rings. The fraction of sp³-hybridized carbons (Fsp3) is 0.250. The second-order valence-electron chi connectivity index (χ2n) is 3.05. The Bertz CT molecular complexity index is 443. The lowest BCUT2D eigenvalue weighted by molar-refractivity contribution is 0.592. The van der Waals surface area contributed by atoms with Crippen molar-refractivity contribution in [2.75, 3.05) is 19.0 Å². The van der Waals surface area contributed by atoms with Crippen molar-refractivity contribution < 1.29 is 12.8 Å². The van der Waals surface area contributed by atoms with Gasteiger partial charge in [-0.25, -0.2) is 17.9 Å². The molecule has 0 aliphatic heterocycles. The zero-order valence-corrected chi connectivity index (χ0v) is 8.68. The molecule has 1 rings (SSSR count). The zero-order valence-electron chi connectivity index (χ0n) is 7.86. The van der Waals surface area contributed by atoms with Gasteiger partial charge < -0.3 is 4.90 Å². The molecule has 0 aliphatic carbocycles. The second kappa shape index (κ2) is 3.55. The van der Waals surface area contributed by atoms with Crippen LogP contribution in [0.5, 0.6) is 0 Å². The van der Waals surface area contributed by atoms with Gasteiger partial charge in [0.2, 0.25) is 10.0 Å². The summed E-state index contributed by atoms with van der Waals surface area (Å²) >= 11 is 0. The normalized spacial score (nSPS) is 11.4. The van der Waals surface area contributed by atoms with Crippen LogP contribution < -0.4 is 10.0 Å². The van der Waals surface area contributed by atoms with Gasteiger partial charge in [0.1, 0.15) is 10.7 Å². The number of rotatable bonds is 2. The SMILES string of the molecule is CN(C)c1ccc(F)cc1S(N)(=O)=O. The summed E-state index contributed by atoms with van der Waals surface area (Å²) in [5, 5.41) is 4.94. The molecule has 2 N–H and O–H groups in total. The highest BCUT2D eigenvalue weighted by molar-refractivity contribution is 7.89. The maximum Gasteiger partial charge on any atom is 0.240 e. The van der Waals surface area contributed by atoms with Crippen LogP contribution in [0.2, 0.25) is 0 Å². The summed E-state index contributed by atoms with van der Waals surface area (Å²) in [4.78, 5) is 1.35. The Morgan fingerprint density at radius 1 is 1.36 bits per heavy atom. The lowest BCUT2D eigenvalue weighted by Crippen LogP contribution is -2.18. The van der Waals surface area contributed by atoms with Crippen molar-refractivity contribution in [3.05, 3.63) is 24.0 Å². The minimum atomic E-state index is -3.88. The highest BCUT2D eigenvalue weighted by atomic mass is 32.2. The maximum absolute atomic E-state index is 12.8. The topological polar surface area (TPSA) is 63.4 Å². The van der Waals surface area contributed by atoms with Gasteiger partial charge in [-0.2, -0.15) is 0 Å². The lowest BCUT2D eigenvalue weighted by atomic mass is 10.3. The fourth-order valence-electron chi connectivity index (χ4n) is 1.09. The van der Waals surface area contributed by atoms with Gasteiger partial charge in [-0.15, -0.1) is 0 Å². The van der Waals surface area contributed by atoms with E-state index in [9.17, 15) is 12.8 Å². The monoisotopic (exact) mass is 218 g/mol. The molecular weight excluding hydrogens is 207 g/mol. The van der Waals surface area contributed by atoms with Crippen molar-refractivity contribution in [3.63, 3.8) is 0 Å². The molecule has 0 bridgehead atoms. The predicted molar refractivity (Wildman–Crippen MR) is 52.1 cm³/mol. The number of halogens is 1. The van der Waals surface area contributed by atoms with E-state index < -0.39 is 15.8 Å². The maximum atomic E-state index is 12.8. The number of hydrogen-bond acceptors (Lipinski definition) is 3. The largest absolute Gasteiger partial charge is 0.377 e. The van der Waals surface area contributed by atoms with Gasteiger partial charge in [0.25, 0.3) is 0 Å². The van der Waals surface area contributed by atoms with Crippen molar-refractivity contribution in [2.45, 2.75) is 4.90 Å². The van der Waals surface area contributed by atoms with Gasteiger partial charge in [0.05, 0.1) is 5.69 Å². The first-order chi connectivity index (χ1) is 6.32. The third-order valence-electron chi connectivity index (χ3n) is 1.71. The van der Waals surface area contributed by atoms with Crippen molar-refractivity contribution >= 4 is 15.7 Å². The zero-order chi connectivity index (χ0) is 10.9. The van der Waals surface area contributed by atoms with Crippen molar-refractivity contribution in [1.82, 2.24) is 0 Å². The molecule has 0 heterocycles. The third kappa shape index (κ3) is 2.21. The number of anilines is 1. The van der Waals surface area contributed by atoms with Crippen LogP contribution in [0.25, 0.3) is 0 Å². The average molecular weight is 218 g/mol. The highest BCUT2D eigenvalue weighted by Crippen LogP contribution is 2.23. The average Bonchev–Trinajstić information content (AvgIpc) is 2.01. The molecule has 0 unspecified atom stereocenters. The van der Waals surface area contributed by atoms with Crippen LogP contribution in [0.1, 0.15) is 0 Å². The summed E-state index contributed by atoms with van der Waals surface area (Å²) in [5.41, 5.74) is 0.369. The molecule has 78 valence electrons. The molecule has 14 heavy (non-hydrogen) atoms. The molecule has 0 spiro atoms. The van der Waals surface area contributed by atoms with E-state index in [1.165, 1.54) is 12.1 Å². The standard InChI is InChI=1S/C8H11FN2O2S/c1-11(2)7-4-3-6(9)5-8(7)14(10,12)13/h3-5H,1-2H3,(H2,10,12,13). The Hall–Kier alpha value is -1.14. The van der Waals surface area contributed by atoms with E-state index in [1.54, 1.807) is 19.0 Å². The minimum absolute atomic E-state index is 0.206. The summed E-state index contributed by atoms with van der Waals surface area (Å²) in [7, 11) is -0.573. The van der Waals surface area contributed by atoms with Gasteiger partial charge in [0, 0.05) is 14.1 Å². The van der Waals surface area contributed by atoms with E-state index in [1.807, 2.05) is 0 Å². The van der Waals surface area contributed by atoms with Crippen LogP contribution in [0.4, 0.5) is 10.1 Å². The number of nitrogens with two attached hydrogens (primary N) is 1. The Labute approximate surface area is 82.2 Å². The summed E-state index contributed by atoms with van der Waals surface area (Å²) in [6, 6.07) is 3.46. The van der Waals surface area contributed by atoms with E-state index in [0.29, 0.717) is 5.69 Å². The Balaban J connectivity index is 3.46. The van der Waals surface area contributed by atoms with Crippen LogP contribution in [-0.2, 0) is 10.0 Å². The molecule has 0 saturated heterocycles. The van der Waals surface area contributed by atoms with Crippen LogP contribution in [0.15, 0.2) is 23.1 Å². The van der Waals surface area contributed by atoms with Crippen LogP contribution in [0.3, 0.4) is 0 Å². The van der Waals surface area contributed by atoms with Gasteiger partial charge in [0.15, 0.2) is 0 Å². The van der Waals surface area contributed by atoms with Gasteiger partial charge in [-0.3, -0.25) is 0 Å². The number of hydrogen-bond donors (Lipinski definition) is 1. The molecule has 0 atom stereocenters. The van der Waals surface area contributed by atoms with E-state index in [4.69, 9.17) is 5.14 Å². The summed E-state index contributed by atoms with van der Waals surface area (Å²) in [5.74, 6) is -0.625. The smallest absolute Gasteiger partial charge is 0.240 e. The Kier molecular flexibility index (Phi) is 2.77.